The highest BCUT2D eigenvalue weighted by atomic mass is 15.2. The first-order valence-corrected chi connectivity index (χ1v) is 7.92. The van der Waals surface area contributed by atoms with Gasteiger partial charge in [-0.25, -0.2) is 0 Å². The smallest absolute Gasteiger partial charge is 0.207 e. The molecule has 0 spiro atoms. The van der Waals surface area contributed by atoms with E-state index in [1.807, 2.05) is 24.4 Å². The van der Waals surface area contributed by atoms with Crippen molar-refractivity contribution in [1.29, 1.82) is 10.5 Å². The van der Waals surface area contributed by atoms with Crippen LogP contribution in [0.4, 0.5) is 0 Å². The van der Waals surface area contributed by atoms with Gasteiger partial charge in [0.2, 0.25) is 6.19 Å². The number of piperidine rings is 1. The van der Waals surface area contributed by atoms with Crippen LogP contribution in [0.5, 0.6) is 0 Å². The summed E-state index contributed by atoms with van der Waals surface area (Å²) in [7, 11) is 0. The van der Waals surface area contributed by atoms with E-state index in [1.54, 1.807) is 0 Å². The minimum Gasteiger partial charge on any atom is -0.358 e. The van der Waals surface area contributed by atoms with Gasteiger partial charge in [0, 0.05) is 13.1 Å². The summed E-state index contributed by atoms with van der Waals surface area (Å²) in [4.78, 5) is 6.11. The molecule has 1 saturated heterocycles. The highest BCUT2D eigenvalue weighted by Gasteiger charge is 2.25. The summed E-state index contributed by atoms with van der Waals surface area (Å²) < 4.78 is 0. The highest BCUT2D eigenvalue weighted by Crippen LogP contribution is 2.25. The van der Waals surface area contributed by atoms with E-state index in [0.29, 0.717) is 12.3 Å². The molecule has 0 saturated carbocycles. The number of rotatable bonds is 4. The molecule has 0 N–H and O–H groups in total. The van der Waals surface area contributed by atoms with Crippen molar-refractivity contribution in [2.75, 3.05) is 13.1 Å². The first-order chi connectivity index (χ1) is 10.8. The largest absolute Gasteiger partial charge is 0.358 e. The van der Waals surface area contributed by atoms with E-state index in [4.69, 9.17) is 5.26 Å². The van der Waals surface area contributed by atoms with Gasteiger partial charge in [0.1, 0.15) is 11.8 Å². The van der Waals surface area contributed by atoms with Crippen molar-refractivity contribution in [3.05, 3.63) is 35.9 Å². The number of amidine groups is 1. The van der Waals surface area contributed by atoms with Crippen LogP contribution in [0.1, 0.15) is 44.1 Å². The molecule has 1 aromatic rings. The Morgan fingerprint density at radius 3 is 2.45 bits per heavy atom. The lowest BCUT2D eigenvalue weighted by Gasteiger charge is -2.31. The maximum atomic E-state index is 9.58. The van der Waals surface area contributed by atoms with Crippen molar-refractivity contribution in [2.24, 2.45) is 10.9 Å². The summed E-state index contributed by atoms with van der Waals surface area (Å²) in [6, 6.07) is 12.6. The third-order valence-electron chi connectivity index (χ3n) is 4.27. The van der Waals surface area contributed by atoms with Crippen LogP contribution >= 0.6 is 0 Å². The molecular weight excluding hydrogens is 272 g/mol. The molecule has 22 heavy (non-hydrogen) atoms. The van der Waals surface area contributed by atoms with Gasteiger partial charge in [-0.15, -0.1) is 0 Å². The van der Waals surface area contributed by atoms with Gasteiger partial charge in [0.05, 0.1) is 6.07 Å². The number of hydrogen-bond donors (Lipinski definition) is 0. The zero-order chi connectivity index (χ0) is 15.8. The van der Waals surface area contributed by atoms with Crippen molar-refractivity contribution >= 4 is 5.84 Å². The predicted octanol–water partition coefficient (Wildman–Crippen LogP) is 3.69. The zero-order valence-electron chi connectivity index (χ0n) is 13.1. The van der Waals surface area contributed by atoms with E-state index in [1.165, 1.54) is 12.0 Å². The number of nitrogens with zero attached hydrogens (tertiary/aromatic N) is 4. The van der Waals surface area contributed by atoms with Crippen LogP contribution in [-0.4, -0.2) is 23.8 Å². The Kier molecular flexibility index (Phi) is 5.98. The highest BCUT2D eigenvalue weighted by molar-refractivity contribution is 5.87. The van der Waals surface area contributed by atoms with Crippen molar-refractivity contribution < 1.29 is 0 Å². The molecule has 0 aliphatic carbocycles. The van der Waals surface area contributed by atoms with Crippen LogP contribution in [-0.2, 0) is 0 Å². The third kappa shape index (κ3) is 4.09. The predicted molar refractivity (Wildman–Crippen MR) is 87.0 cm³/mol. The molecule has 1 aromatic carbocycles. The molecule has 1 aliphatic rings. The van der Waals surface area contributed by atoms with Crippen LogP contribution in [0.25, 0.3) is 0 Å². The lowest BCUT2D eigenvalue weighted by Crippen LogP contribution is -2.39. The molecule has 2 unspecified atom stereocenters. The fourth-order valence-electron chi connectivity index (χ4n) is 3.03. The van der Waals surface area contributed by atoms with Gasteiger partial charge in [0.25, 0.3) is 0 Å². The minimum atomic E-state index is -0.326. The molecule has 0 amide bonds. The van der Waals surface area contributed by atoms with Gasteiger partial charge in [0.15, 0.2) is 0 Å². The normalized spacial score (nSPS) is 18.1. The summed E-state index contributed by atoms with van der Waals surface area (Å²) >= 11 is 0. The number of aliphatic imine (C=N–C) groups is 1. The van der Waals surface area contributed by atoms with E-state index in [-0.39, 0.29) is 11.8 Å². The van der Waals surface area contributed by atoms with Gasteiger partial charge in [-0.3, -0.25) is 0 Å². The number of benzene rings is 1. The Balaban J connectivity index is 2.12. The van der Waals surface area contributed by atoms with Gasteiger partial charge >= 0.3 is 0 Å². The minimum absolute atomic E-state index is 0.263. The second kappa shape index (κ2) is 8.20. The van der Waals surface area contributed by atoms with Crippen LogP contribution in [0.15, 0.2) is 35.3 Å². The van der Waals surface area contributed by atoms with E-state index in [9.17, 15) is 5.26 Å². The molecule has 2 atom stereocenters. The van der Waals surface area contributed by atoms with E-state index in [2.05, 4.69) is 35.0 Å². The first-order valence-electron chi connectivity index (χ1n) is 7.92. The van der Waals surface area contributed by atoms with Crippen LogP contribution < -0.4 is 0 Å². The van der Waals surface area contributed by atoms with E-state index in [0.717, 1.165) is 25.9 Å². The average molecular weight is 294 g/mol. The van der Waals surface area contributed by atoms with Gasteiger partial charge < -0.3 is 4.90 Å². The molecule has 0 bridgehead atoms. The molecule has 114 valence electrons. The second-order valence-electron chi connectivity index (χ2n) is 5.85. The molecule has 0 radical (unpaired) electrons. The van der Waals surface area contributed by atoms with Gasteiger partial charge in [-0.2, -0.15) is 15.5 Å². The van der Waals surface area contributed by atoms with Crippen molar-refractivity contribution in [2.45, 2.75) is 38.5 Å². The monoisotopic (exact) mass is 294 g/mol. The Labute approximate surface area is 132 Å². The summed E-state index contributed by atoms with van der Waals surface area (Å²) in [5.41, 5.74) is 1.22. The molecule has 1 fully saturated rings. The SMILES string of the molecule is CC(CC(C#N)C(=NC#N)N1CCCCC1)c1ccccc1. The molecule has 1 aliphatic heterocycles. The quantitative estimate of drug-likeness (QED) is 0.483. The Bertz CT molecular complexity index is 573. The van der Waals surface area contributed by atoms with Crippen molar-refractivity contribution in [1.82, 2.24) is 4.90 Å². The summed E-state index contributed by atoms with van der Waals surface area (Å²) in [6.45, 7) is 3.93. The van der Waals surface area contributed by atoms with Gasteiger partial charge in [-0.05, 0) is 37.2 Å². The number of likely N-dealkylation sites (tertiary alicyclic amines) is 1. The van der Waals surface area contributed by atoms with Crippen LogP contribution in [0.2, 0.25) is 0 Å². The molecule has 0 aromatic heterocycles. The van der Waals surface area contributed by atoms with Crippen LogP contribution in [0, 0.1) is 28.7 Å². The standard InChI is InChI=1S/C18H22N4/c1-15(16-8-4-2-5-9-16)12-17(13-19)18(21-14-20)22-10-6-3-7-11-22/h2,4-5,8-9,15,17H,3,6-7,10-12H2,1H3. The fraction of sp³-hybridized carbons (Fsp3) is 0.500. The molecule has 4 heteroatoms. The molecular formula is C18H22N4. The van der Waals surface area contributed by atoms with E-state index < -0.39 is 0 Å². The zero-order valence-corrected chi connectivity index (χ0v) is 13.1. The third-order valence-corrected chi connectivity index (χ3v) is 4.27. The molecule has 2 rings (SSSR count). The second-order valence-corrected chi connectivity index (χ2v) is 5.85. The Morgan fingerprint density at radius 1 is 1.18 bits per heavy atom. The lowest BCUT2D eigenvalue weighted by atomic mass is 9.89. The lowest BCUT2D eigenvalue weighted by molar-refractivity contribution is 0.328. The van der Waals surface area contributed by atoms with E-state index >= 15 is 0 Å². The number of hydrogen-bond acceptors (Lipinski definition) is 3. The summed E-state index contributed by atoms with van der Waals surface area (Å²) in [5.74, 6) is 0.597. The average Bonchev–Trinajstić information content (AvgIpc) is 2.59. The number of nitriles is 2. The first kappa shape index (κ1) is 16.0. The van der Waals surface area contributed by atoms with Crippen LogP contribution in [0.3, 0.4) is 0 Å². The Morgan fingerprint density at radius 2 is 1.86 bits per heavy atom. The summed E-state index contributed by atoms with van der Waals surface area (Å²) in [6.07, 6.45) is 6.01. The molecule has 1 heterocycles. The van der Waals surface area contributed by atoms with Crippen molar-refractivity contribution in [3.8, 4) is 12.3 Å². The fourth-order valence-corrected chi connectivity index (χ4v) is 3.03. The van der Waals surface area contributed by atoms with Crippen molar-refractivity contribution in [3.63, 3.8) is 0 Å². The maximum Gasteiger partial charge on any atom is 0.207 e. The molecule has 4 nitrogen and oxygen atoms in total. The van der Waals surface area contributed by atoms with Gasteiger partial charge in [-0.1, -0.05) is 37.3 Å². The Hall–Kier alpha value is -2.33. The summed E-state index contributed by atoms with van der Waals surface area (Å²) in [5, 5.41) is 18.6. The topological polar surface area (TPSA) is 63.2 Å². The maximum absolute atomic E-state index is 9.58.